The lowest BCUT2D eigenvalue weighted by atomic mass is 10.0. The van der Waals surface area contributed by atoms with Crippen LogP contribution in [-0.2, 0) is 9.84 Å². The molecule has 0 saturated carbocycles. The molecule has 2 rings (SSSR count). The minimum atomic E-state index is -2.86. The van der Waals surface area contributed by atoms with E-state index in [1.165, 1.54) is 0 Å². The highest BCUT2D eigenvalue weighted by Crippen LogP contribution is 2.17. The van der Waals surface area contributed by atoms with Crippen molar-refractivity contribution in [1.29, 1.82) is 0 Å². The molecule has 18 heavy (non-hydrogen) atoms. The van der Waals surface area contributed by atoms with Crippen LogP contribution in [-0.4, -0.2) is 37.6 Å². The van der Waals surface area contributed by atoms with Crippen LogP contribution in [0.25, 0.3) is 0 Å². The summed E-state index contributed by atoms with van der Waals surface area (Å²) in [6, 6.07) is 7.66. The smallest absolute Gasteiger partial charge is 0.151 e. The molecule has 0 spiro atoms. The molecule has 4 nitrogen and oxygen atoms in total. The molecule has 0 aliphatic carbocycles. The van der Waals surface area contributed by atoms with Gasteiger partial charge in [0, 0.05) is 12.6 Å². The number of aryl methyl sites for hydroxylation is 1. The van der Waals surface area contributed by atoms with Gasteiger partial charge >= 0.3 is 0 Å². The molecule has 1 saturated heterocycles. The fourth-order valence-electron chi connectivity index (χ4n) is 2.30. The second-order valence-corrected chi connectivity index (χ2v) is 7.11. The summed E-state index contributed by atoms with van der Waals surface area (Å²) in [7, 11) is -2.86. The molecule has 5 heteroatoms. The molecule has 1 aromatic carbocycles. The molecule has 0 aromatic heterocycles. The lowest BCUT2D eigenvalue weighted by molar-refractivity contribution is 0.170. The van der Waals surface area contributed by atoms with Crippen LogP contribution in [0.4, 0.5) is 0 Å². The Hall–Kier alpha value is -0.910. The molecule has 1 aromatic rings. The number of benzene rings is 1. The Morgan fingerprint density at radius 3 is 2.78 bits per heavy atom. The molecular weight excluding hydrogens is 250 g/mol. The van der Waals surface area contributed by atoms with Gasteiger partial charge in [0.2, 0.25) is 0 Å². The third-order valence-electron chi connectivity index (χ3n) is 3.38. The maximum atomic E-state index is 11.3. The summed E-state index contributed by atoms with van der Waals surface area (Å²) in [5, 5.41) is 13.2. The molecule has 1 heterocycles. The number of hydrogen-bond donors (Lipinski definition) is 2. The third-order valence-corrected chi connectivity index (χ3v) is 5.15. The first-order chi connectivity index (χ1) is 8.48. The number of nitrogens with one attached hydrogen (secondary N) is 1. The number of aliphatic hydroxyl groups excluding tert-OH is 1. The quantitative estimate of drug-likeness (QED) is 0.848. The van der Waals surface area contributed by atoms with Crippen molar-refractivity contribution in [3.63, 3.8) is 0 Å². The van der Waals surface area contributed by atoms with Gasteiger partial charge in [-0.15, -0.1) is 0 Å². The Labute approximate surface area is 108 Å². The average molecular weight is 269 g/mol. The van der Waals surface area contributed by atoms with Gasteiger partial charge in [-0.25, -0.2) is 8.42 Å². The normalized spacial score (nSPS) is 24.0. The summed E-state index contributed by atoms with van der Waals surface area (Å²) in [5.74, 6) is 0.443. The molecule has 0 amide bonds. The predicted molar refractivity (Wildman–Crippen MR) is 71.2 cm³/mol. The number of hydrogen-bond acceptors (Lipinski definition) is 4. The van der Waals surface area contributed by atoms with E-state index in [0.717, 1.165) is 11.1 Å². The van der Waals surface area contributed by atoms with Gasteiger partial charge < -0.3 is 10.4 Å². The van der Waals surface area contributed by atoms with Gasteiger partial charge in [-0.05, 0) is 24.5 Å². The zero-order chi connectivity index (χ0) is 13.2. The van der Waals surface area contributed by atoms with Crippen molar-refractivity contribution in [2.75, 3.05) is 18.1 Å². The van der Waals surface area contributed by atoms with E-state index in [1.807, 2.05) is 31.2 Å². The van der Waals surface area contributed by atoms with Crippen LogP contribution in [0.5, 0.6) is 0 Å². The summed E-state index contributed by atoms with van der Waals surface area (Å²) in [6.45, 7) is 2.35. The van der Waals surface area contributed by atoms with E-state index in [-0.39, 0.29) is 17.5 Å². The van der Waals surface area contributed by atoms with Crippen LogP contribution >= 0.6 is 0 Å². The Bertz CT molecular complexity index is 513. The van der Waals surface area contributed by atoms with Crippen molar-refractivity contribution < 1.29 is 13.5 Å². The number of sulfone groups is 1. The first-order valence-electron chi connectivity index (χ1n) is 6.15. The zero-order valence-corrected chi connectivity index (χ0v) is 11.3. The molecule has 100 valence electrons. The molecule has 2 unspecified atom stereocenters. The monoisotopic (exact) mass is 269 g/mol. The highest BCUT2D eigenvalue weighted by molar-refractivity contribution is 7.91. The molecule has 2 N–H and O–H groups in total. The van der Waals surface area contributed by atoms with Crippen LogP contribution in [0.3, 0.4) is 0 Å². The van der Waals surface area contributed by atoms with Crippen molar-refractivity contribution >= 4 is 9.84 Å². The maximum Gasteiger partial charge on any atom is 0.151 e. The Morgan fingerprint density at radius 1 is 1.44 bits per heavy atom. The fourth-order valence-corrected chi connectivity index (χ4v) is 4.01. The van der Waals surface area contributed by atoms with Crippen molar-refractivity contribution in [2.45, 2.75) is 25.5 Å². The highest BCUT2D eigenvalue weighted by Gasteiger charge is 2.27. The van der Waals surface area contributed by atoms with Crippen LogP contribution in [0.2, 0.25) is 0 Å². The fraction of sp³-hybridized carbons (Fsp3) is 0.538. The summed E-state index contributed by atoms with van der Waals surface area (Å²) >= 11 is 0. The summed E-state index contributed by atoms with van der Waals surface area (Å²) in [5.41, 5.74) is 1.94. The molecule has 0 bridgehead atoms. The van der Waals surface area contributed by atoms with Gasteiger partial charge in [-0.1, -0.05) is 24.3 Å². The van der Waals surface area contributed by atoms with Crippen molar-refractivity contribution in [1.82, 2.24) is 5.32 Å². The molecule has 1 fully saturated rings. The van der Waals surface area contributed by atoms with E-state index < -0.39 is 15.9 Å². The van der Waals surface area contributed by atoms with Crippen molar-refractivity contribution in [3.8, 4) is 0 Å². The highest BCUT2D eigenvalue weighted by atomic mass is 32.2. The first-order valence-corrected chi connectivity index (χ1v) is 7.97. The topological polar surface area (TPSA) is 66.4 Å². The molecule has 1 aliphatic rings. The third kappa shape index (κ3) is 3.31. The van der Waals surface area contributed by atoms with Gasteiger partial charge in [0.05, 0.1) is 17.6 Å². The molecular formula is C13H19NO3S. The Kier molecular flexibility index (Phi) is 4.04. The van der Waals surface area contributed by atoms with Crippen LogP contribution < -0.4 is 5.32 Å². The maximum absolute atomic E-state index is 11.3. The largest absolute Gasteiger partial charge is 0.387 e. The van der Waals surface area contributed by atoms with Crippen molar-refractivity contribution in [2.24, 2.45) is 0 Å². The van der Waals surface area contributed by atoms with Gasteiger partial charge in [0.15, 0.2) is 9.84 Å². The van der Waals surface area contributed by atoms with E-state index in [1.54, 1.807) is 0 Å². The van der Waals surface area contributed by atoms with Gasteiger partial charge in [0.25, 0.3) is 0 Å². The lowest BCUT2D eigenvalue weighted by Gasteiger charge is -2.17. The number of rotatable bonds is 4. The van der Waals surface area contributed by atoms with Crippen LogP contribution in [0.1, 0.15) is 23.7 Å². The molecule has 2 atom stereocenters. The molecule has 1 aliphatic heterocycles. The van der Waals surface area contributed by atoms with Gasteiger partial charge in [-0.2, -0.15) is 0 Å². The van der Waals surface area contributed by atoms with E-state index in [4.69, 9.17) is 0 Å². The summed E-state index contributed by atoms with van der Waals surface area (Å²) in [4.78, 5) is 0. The van der Waals surface area contributed by atoms with E-state index >= 15 is 0 Å². The van der Waals surface area contributed by atoms with Gasteiger partial charge in [0.1, 0.15) is 0 Å². The van der Waals surface area contributed by atoms with E-state index in [9.17, 15) is 13.5 Å². The first kappa shape index (κ1) is 13.5. The number of aliphatic hydroxyl groups is 1. The standard InChI is InChI=1S/C13H19NO3S/c1-10-4-2-3-5-12(10)13(15)8-14-11-6-7-18(16,17)9-11/h2-5,11,13-15H,6-9H2,1H3. The van der Waals surface area contributed by atoms with E-state index in [2.05, 4.69) is 5.32 Å². The molecule has 0 radical (unpaired) electrons. The Balaban J connectivity index is 1.90. The zero-order valence-electron chi connectivity index (χ0n) is 10.5. The van der Waals surface area contributed by atoms with Crippen molar-refractivity contribution in [3.05, 3.63) is 35.4 Å². The second kappa shape index (κ2) is 5.38. The minimum Gasteiger partial charge on any atom is -0.387 e. The predicted octanol–water partition coefficient (Wildman–Crippen LogP) is 0.805. The van der Waals surface area contributed by atoms with Gasteiger partial charge in [-0.3, -0.25) is 0 Å². The SMILES string of the molecule is Cc1ccccc1C(O)CNC1CCS(=O)(=O)C1. The van der Waals surface area contributed by atoms with E-state index in [0.29, 0.717) is 13.0 Å². The van der Waals surface area contributed by atoms with Crippen LogP contribution in [0, 0.1) is 6.92 Å². The minimum absolute atomic E-state index is 0.0198. The lowest BCUT2D eigenvalue weighted by Crippen LogP contribution is -2.33. The Morgan fingerprint density at radius 2 is 2.17 bits per heavy atom. The summed E-state index contributed by atoms with van der Waals surface area (Å²) in [6.07, 6.45) is 0.0533. The average Bonchev–Trinajstić information content (AvgIpc) is 2.66. The second-order valence-electron chi connectivity index (χ2n) is 4.88. The summed E-state index contributed by atoms with van der Waals surface area (Å²) < 4.78 is 22.6. The van der Waals surface area contributed by atoms with Crippen LogP contribution in [0.15, 0.2) is 24.3 Å².